The number of rotatable bonds is 13. The van der Waals surface area contributed by atoms with Crippen molar-refractivity contribution >= 4 is 28.1 Å². The van der Waals surface area contributed by atoms with Crippen LogP contribution in [-0.2, 0) is 24.6 Å². The number of benzene rings is 1. The van der Waals surface area contributed by atoms with E-state index in [4.69, 9.17) is 13.7 Å². The third-order valence-electron chi connectivity index (χ3n) is 3.76. The van der Waals surface area contributed by atoms with Crippen LogP contribution < -0.4 is 14.2 Å². The molecule has 33 heavy (non-hydrogen) atoms. The van der Waals surface area contributed by atoms with Crippen molar-refractivity contribution in [2.75, 3.05) is 13.2 Å². The van der Waals surface area contributed by atoms with Crippen LogP contribution in [0.25, 0.3) is 0 Å². The van der Waals surface area contributed by atoms with Crippen LogP contribution in [0.3, 0.4) is 0 Å². The number of carbonyl (C=O) groups excluding carboxylic acids is 2. The molecule has 184 valence electrons. The van der Waals surface area contributed by atoms with E-state index in [-0.39, 0.29) is 31.0 Å². The van der Waals surface area contributed by atoms with E-state index in [1.807, 2.05) is 0 Å². The Morgan fingerprint density at radius 2 is 1.85 bits per heavy atom. The molecule has 1 atom stereocenters. The number of nitrogens with one attached hydrogen (secondary N) is 2. The Balaban J connectivity index is 2.67. The summed E-state index contributed by atoms with van der Waals surface area (Å²) in [7, 11) is -4.45. The molecule has 12 nitrogen and oxygen atoms in total. The van der Waals surface area contributed by atoms with Crippen LogP contribution in [0, 0.1) is 10.1 Å². The van der Waals surface area contributed by atoms with Gasteiger partial charge in [-0.25, -0.2) is 4.79 Å². The summed E-state index contributed by atoms with van der Waals surface area (Å²) in [5.41, 5.74) is -0.870. The second-order valence-corrected chi connectivity index (χ2v) is 9.11. The number of nitro groups is 1. The third kappa shape index (κ3) is 11.8. The molecule has 0 saturated carbocycles. The van der Waals surface area contributed by atoms with Gasteiger partial charge in [0.15, 0.2) is 0 Å². The van der Waals surface area contributed by atoms with E-state index >= 15 is 0 Å². The number of non-ortho nitro benzene ring substituents is 1. The Morgan fingerprint density at radius 3 is 2.39 bits per heavy atom. The average Bonchev–Trinajstić information content (AvgIpc) is 2.69. The first kappa shape index (κ1) is 27.8. The number of esters is 1. The number of alkyl carbamates (subject to hydrolysis) is 1. The van der Waals surface area contributed by atoms with Crippen molar-refractivity contribution in [1.29, 1.82) is 0 Å². The number of nitro benzene ring substituents is 1. The summed E-state index contributed by atoms with van der Waals surface area (Å²) in [5, 5.41) is 13.3. The lowest BCUT2D eigenvalue weighted by Gasteiger charge is -2.20. The lowest BCUT2D eigenvalue weighted by molar-refractivity contribution is -0.384. The van der Waals surface area contributed by atoms with Crippen molar-refractivity contribution in [2.24, 2.45) is 0 Å². The van der Waals surface area contributed by atoms with Gasteiger partial charge in [0, 0.05) is 18.7 Å². The molecule has 0 aliphatic heterocycles. The molecule has 0 unspecified atom stereocenters. The molecular formula is C20H29N3O9S. The molecule has 1 amide bonds. The van der Waals surface area contributed by atoms with Crippen LogP contribution >= 0.6 is 0 Å². The van der Waals surface area contributed by atoms with E-state index in [9.17, 15) is 28.1 Å². The molecule has 0 aliphatic carbocycles. The number of carbonyl (C=O) groups is 2. The smallest absolute Gasteiger partial charge is 0.407 e. The predicted octanol–water partition coefficient (Wildman–Crippen LogP) is 2.60. The number of hydrogen-bond donors (Lipinski definition) is 2. The maximum absolute atomic E-state index is 12.3. The highest BCUT2D eigenvalue weighted by Gasteiger charge is 2.27. The lowest BCUT2D eigenvalue weighted by Crippen LogP contribution is -2.43. The third-order valence-corrected chi connectivity index (χ3v) is 4.74. The summed E-state index contributed by atoms with van der Waals surface area (Å²) in [6, 6.07) is 3.14. The normalized spacial score (nSPS) is 12.3. The standard InChI is InChI=1S/C20H29N3O9S/c1-5-14-30-18(24)17(8-6-7-13-21-19(25)31-20(2,3)4)22-33(28,29)32-16-11-9-15(10-12-16)23(26)27/h5,9-12,17,22H,1,6-8,13-14H2,2-4H3,(H,21,25)/t17-/m0/s1. The lowest BCUT2D eigenvalue weighted by atomic mass is 10.1. The summed E-state index contributed by atoms with van der Waals surface area (Å²) >= 11 is 0. The fourth-order valence-corrected chi connectivity index (χ4v) is 3.37. The van der Waals surface area contributed by atoms with Gasteiger partial charge in [0.1, 0.15) is 24.0 Å². The summed E-state index contributed by atoms with van der Waals surface area (Å²) < 4.78 is 41.7. The van der Waals surface area contributed by atoms with Gasteiger partial charge in [-0.15, -0.1) is 0 Å². The van der Waals surface area contributed by atoms with Gasteiger partial charge in [0.2, 0.25) is 0 Å². The van der Waals surface area contributed by atoms with Crippen LogP contribution in [0.1, 0.15) is 40.0 Å². The first-order valence-corrected chi connectivity index (χ1v) is 11.4. The highest BCUT2D eigenvalue weighted by Crippen LogP contribution is 2.19. The molecule has 1 aromatic carbocycles. The fourth-order valence-electron chi connectivity index (χ4n) is 2.39. The first-order valence-electron chi connectivity index (χ1n) is 10.0. The fraction of sp³-hybridized carbons (Fsp3) is 0.500. The van der Waals surface area contributed by atoms with Gasteiger partial charge in [0.05, 0.1) is 4.92 Å². The largest absolute Gasteiger partial charge is 0.460 e. The minimum absolute atomic E-state index is 0.0643. The minimum atomic E-state index is -4.45. The van der Waals surface area contributed by atoms with Gasteiger partial charge in [0.25, 0.3) is 5.69 Å². The Hall–Kier alpha value is -3.19. The first-order chi connectivity index (χ1) is 15.3. The second-order valence-electron chi connectivity index (χ2n) is 7.80. The van der Waals surface area contributed by atoms with Crippen LogP contribution in [-0.4, -0.2) is 50.2 Å². The molecule has 0 saturated heterocycles. The van der Waals surface area contributed by atoms with Crippen molar-refractivity contribution in [1.82, 2.24) is 10.0 Å². The Labute approximate surface area is 192 Å². The summed E-state index contributed by atoms with van der Waals surface area (Å²) in [6.45, 7) is 8.78. The van der Waals surface area contributed by atoms with Crippen molar-refractivity contribution in [3.05, 3.63) is 47.0 Å². The van der Waals surface area contributed by atoms with Crippen LogP contribution in [0.4, 0.5) is 10.5 Å². The van der Waals surface area contributed by atoms with Crippen molar-refractivity contribution < 1.29 is 36.6 Å². The van der Waals surface area contributed by atoms with Gasteiger partial charge >= 0.3 is 22.4 Å². The van der Waals surface area contributed by atoms with E-state index < -0.39 is 38.9 Å². The van der Waals surface area contributed by atoms with Crippen molar-refractivity contribution in [3.63, 3.8) is 0 Å². The zero-order chi connectivity index (χ0) is 25.1. The molecule has 1 aromatic rings. The Morgan fingerprint density at radius 1 is 1.21 bits per heavy atom. The zero-order valence-corrected chi connectivity index (χ0v) is 19.6. The topological polar surface area (TPSA) is 163 Å². The highest BCUT2D eigenvalue weighted by atomic mass is 32.2. The molecule has 0 fully saturated rings. The molecule has 0 aromatic heterocycles. The molecule has 0 radical (unpaired) electrons. The van der Waals surface area contributed by atoms with E-state index in [1.165, 1.54) is 6.08 Å². The van der Waals surface area contributed by atoms with Crippen LogP contribution in [0.2, 0.25) is 0 Å². The molecule has 2 N–H and O–H groups in total. The molecule has 0 heterocycles. The van der Waals surface area contributed by atoms with Gasteiger partial charge < -0.3 is 19.0 Å². The molecule has 0 spiro atoms. The van der Waals surface area contributed by atoms with E-state index in [2.05, 4.69) is 16.6 Å². The Bertz CT molecular complexity index is 925. The number of hydrogen-bond acceptors (Lipinski definition) is 9. The van der Waals surface area contributed by atoms with E-state index in [0.717, 1.165) is 24.3 Å². The molecule has 0 aliphatic rings. The molecule has 13 heteroatoms. The Kier molecular flexibility index (Phi) is 10.8. The SMILES string of the molecule is C=CCOC(=O)[C@H](CCCCNC(=O)OC(C)(C)C)NS(=O)(=O)Oc1ccc([N+](=O)[O-])cc1. The minimum Gasteiger partial charge on any atom is -0.460 e. The monoisotopic (exact) mass is 487 g/mol. The number of ether oxygens (including phenoxy) is 2. The maximum Gasteiger partial charge on any atom is 0.407 e. The van der Waals surface area contributed by atoms with Crippen molar-refractivity contribution in [2.45, 2.75) is 51.7 Å². The van der Waals surface area contributed by atoms with Gasteiger partial charge in [-0.3, -0.25) is 14.9 Å². The van der Waals surface area contributed by atoms with Gasteiger partial charge in [-0.2, -0.15) is 13.1 Å². The number of amides is 1. The second kappa shape index (κ2) is 12.7. The summed E-state index contributed by atoms with van der Waals surface area (Å²) in [6.07, 6.45) is 1.62. The molecule has 1 rings (SSSR count). The molecular weight excluding hydrogens is 458 g/mol. The van der Waals surface area contributed by atoms with Crippen molar-refractivity contribution in [3.8, 4) is 5.75 Å². The highest BCUT2D eigenvalue weighted by molar-refractivity contribution is 7.85. The molecule has 0 bridgehead atoms. The summed E-state index contributed by atoms with van der Waals surface area (Å²) in [4.78, 5) is 34.0. The maximum atomic E-state index is 12.3. The summed E-state index contributed by atoms with van der Waals surface area (Å²) in [5.74, 6) is -1.00. The zero-order valence-electron chi connectivity index (χ0n) is 18.7. The van der Waals surface area contributed by atoms with Crippen LogP contribution in [0.5, 0.6) is 5.75 Å². The van der Waals surface area contributed by atoms with E-state index in [0.29, 0.717) is 12.8 Å². The number of nitrogens with zero attached hydrogens (tertiary/aromatic N) is 1. The number of unbranched alkanes of at least 4 members (excludes halogenated alkanes) is 1. The quantitative estimate of drug-likeness (QED) is 0.140. The van der Waals surface area contributed by atoms with E-state index in [1.54, 1.807) is 20.8 Å². The average molecular weight is 488 g/mol. The predicted molar refractivity (Wildman–Crippen MR) is 119 cm³/mol. The van der Waals surface area contributed by atoms with Crippen LogP contribution in [0.15, 0.2) is 36.9 Å². The van der Waals surface area contributed by atoms with Gasteiger partial charge in [-0.05, 0) is 52.2 Å². The van der Waals surface area contributed by atoms with Gasteiger partial charge in [-0.1, -0.05) is 12.7 Å².